The first-order chi connectivity index (χ1) is 12.1. The van der Waals surface area contributed by atoms with Gasteiger partial charge in [-0.05, 0) is 12.8 Å². The molecule has 2 atom stereocenters. The second kappa shape index (κ2) is 17.5. The zero-order valence-electron chi connectivity index (χ0n) is 17.9. The minimum atomic E-state index is -5.19. The second-order valence-electron chi connectivity index (χ2n) is 6.89. The Morgan fingerprint density at radius 1 is 0.857 bits per heavy atom. The smallest absolute Gasteiger partial charge is 0.550 e. The van der Waals surface area contributed by atoms with E-state index in [1.807, 2.05) is 13.8 Å². The molecule has 10 heteroatoms. The largest absolute Gasteiger partial charge is 1.00 e. The van der Waals surface area contributed by atoms with E-state index in [9.17, 15) is 32.8 Å². The Kier molecular flexibility index (Phi) is 21.0. The first-order valence-corrected chi connectivity index (χ1v) is 11.0. The van der Waals surface area contributed by atoms with Crippen LogP contribution in [0, 0.1) is 5.92 Å². The van der Waals surface area contributed by atoms with Crippen LogP contribution in [0.5, 0.6) is 0 Å². The number of aliphatic carboxylic acids is 2. The van der Waals surface area contributed by atoms with Gasteiger partial charge in [-0.15, -0.1) is 0 Å². The number of carbonyl (C=O) groups is 2. The Bertz CT molecular complexity index is 540. The van der Waals surface area contributed by atoms with Crippen molar-refractivity contribution in [2.24, 2.45) is 5.92 Å². The van der Waals surface area contributed by atoms with Crippen molar-refractivity contribution < 1.29 is 91.9 Å². The molecule has 0 amide bonds. The van der Waals surface area contributed by atoms with E-state index in [0.717, 1.165) is 38.5 Å². The molecule has 0 bridgehead atoms. The van der Waals surface area contributed by atoms with Gasteiger partial charge in [0.05, 0.1) is 5.97 Å². The van der Waals surface area contributed by atoms with Gasteiger partial charge >= 0.3 is 59.1 Å². The minimum absolute atomic E-state index is 0. The van der Waals surface area contributed by atoms with Crippen LogP contribution >= 0.6 is 0 Å². The molecule has 7 nitrogen and oxygen atoms in total. The fraction of sp³-hybridized carbons (Fsp3) is 0.889. The molecular weight excluding hydrogens is 406 g/mol. The van der Waals surface area contributed by atoms with Crippen LogP contribution in [0.4, 0.5) is 0 Å². The molecule has 28 heavy (non-hydrogen) atoms. The van der Waals surface area contributed by atoms with E-state index < -0.39 is 39.1 Å². The summed E-state index contributed by atoms with van der Waals surface area (Å²) < 4.78 is 30.6. The SMILES string of the molecule is CCCCCCCC(C(=O)[O-])C(CCCCCCC)(C(=O)[O-])S(=O)(=O)O.[Na+].[Na+]. The van der Waals surface area contributed by atoms with E-state index >= 15 is 0 Å². The summed E-state index contributed by atoms with van der Waals surface area (Å²) in [5.41, 5.74) is 0. The molecule has 0 aromatic rings. The standard InChI is InChI=1S/C18H34O7S.2Na/c1-3-5-7-9-11-13-15(16(19)20)18(17(21)22,26(23,24)25)14-12-10-8-6-4-2;;/h15H,3-14H2,1-2H3,(H,19,20)(H,21,22)(H,23,24,25);;/q;2*+1/p-2. The van der Waals surface area contributed by atoms with Crippen LogP contribution in [-0.2, 0) is 19.7 Å². The number of hydrogen-bond acceptors (Lipinski definition) is 6. The Morgan fingerprint density at radius 3 is 1.64 bits per heavy atom. The van der Waals surface area contributed by atoms with Gasteiger partial charge in [0.25, 0.3) is 10.1 Å². The van der Waals surface area contributed by atoms with Gasteiger partial charge in [0.15, 0.2) is 0 Å². The van der Waals surface area contributed by atoms with Crippen LogP contribution in [0.3, 0.4) is 0 Å². The maximum Gasteiger partial charge on any atom is 1.00 e. The first kappa shape index (κ1) is 33.5. The molecular formula is C18H32Na2O7S. The van der Waals surface area contributed by atoms with E-state index in [1.165, 1.54) is 0 Å². The zero-order valence-corrected chi connectivity index (χ0v) is 22.7. The van der Waals surface area contributed by atoms with Gasteiger partial charge in [0.2, 0.25) is 0 Å². The van der Waals surface area contributed by atoms with E-state index in [4.69, 9.17) is 0 Å². The Morgan fingerprint density at radius 2 is 1.29 bits per heavy atom. The molecule has 0 aliphatic rings. The van der Waals surface area contributed by atoms with Crippen LogP contribution in [0.2, 0.25) is 0 Å². The summed E-state index contributed by atoms with van der Waals surface area (Å²) in [7, 11) is -5.19. The average molecular weight is 438 g/mol. The molecule has 0 aromatic heterocycles. The van der Waals surface area contributed by atoms with Crippen molar-refractivity contribution in [3.8, 4) is 0 Å². The first-order valence-electron chi connectivity index (χ1n) is 9.54. The van der Waals surface area contributed by atoms with E-state index in [2.05, 4.69) is 0 Å². The summed E-state index contributed by atoms with van der Waals surface area (Å²) in [6.07, 6.45) is 6.46. The molecule has 0 aliphatic heterocycles. The van der Waals surface area contributed by atoms with Crippen molar-refractivity contribution >= 4 is 22.1 Å². The van der Waals surface area contributed by atoms with Gasteiger partial charge < -0.3 is 19.8 Å². The quantitative estimate of drug-likeness (QED) is 0.146. The van der Waals surface area contributed by atoms with E-state index in [1.54, 1.807) is 0 Å². The predicted octanol–water partition coefficient (Wildman–Crippen LogP) is -4.54. The number of carboxylic acids is 2. The predicted molar refractivity (Wildman–Crippen MR) is 94.5 cm³/mol. The maximum absolute atomic E-state index is 11.9. The van der Waals surface area contributed by atoms with Gasteiger partial charge in [-0.1, -0.05) is 78.1 Å². The van der Waals surface area contributed by atoms with Crippen molar-refractivity contribution in [2.45, 2.75) is 95.6 Å². The molecule has 0 aliphatic carbocycles. The monoisotopic (exact) mass is 438 g/mol. The molecule has 0 spiro atoms. The average Bonchev–Trinajstić information content (AvgIpc) is 2.53. The third-order valence-corrected chi connectivity index (χ3v) is 6.48. The summed E-state index contributed by atoms with van der Waals surface area (Å²) in [5.74, 6) is -5.69. The second-order valence-corrected chi connectivity index (χ2v) is 8.57. The molecule has 1 N–H and O–H groups in total. The van der Waals surface area contributed by atoms with Crippen molar-refractivity contribution in [3.63, 3.8) is 0 Å². The summed E-state index contributed by atoms with van der Waals surface area (Å²) in [5, 5.41) is 23.3. The number of carboxylic acid groups (broad SMARTS) is 2. The van der Waals surface area contributed by atoms with Gasteiger partial charge in [0, 0.05) is 11.9 Å². The van der Waals surface area contributed by atoms with Crippen LogP contribution < -0.4 is 69.3 Å². The third kappa shape index (κ3) is 10.8. The van der Waals surface area contributed by atoms with Gasteiger partial charge in [-0.2, -0.15) is 8.42 Å². The van der Waals surface area contributed by atoms with Crippen LogP contribution in [-0.4, -0.2) is 29.7 Å². The van der Waals surface area contributed by atoms with Crippen molar-refractivity contribution in [2.75, 3.05) is 0 Å². The number of hydrogen-bond donors (Lipinski definition) is 1. The zero-order chi connectivity index (χ0) is 20.2. The Hall–Kier alpha value is 0.850. The molecule has 0 rings (SSSR count). The van der Waals surface area contributed by atoms with Crippen molar-refractivity contribution in [1.29, 1.82) is 0 Å². The molecule has 0 fully saturated rings. The number of carbonyl (C=O) groups excluding carboxylic acids is 2. The summed E-state index contributed by atoms with van der Waals surface area (Å²) in [4.78, 5) is 23.3. The third-order valence-electron chi connectivity index (χ3n) is 4.90. The van der Waals surface area contributed by atoms with E-state index in [0.29, 0.717) is 19.3 Å². The topological polar surface area (TPSA) is 135 Å². The van der Waals surface area contributed by atoms with Gasteiger partial charge in [-0.25, -0.2) is 0 Å². The van der Waals surface area contributed by atoms with Gasteiger partial charge in [-0.3, -0.25) is 4.55 Å². The molecule has 0 radical (unpaired) electrons. The van der Waals surface area contributed by atoms with Gasteiger partial charge in [0.1, 0.15) is 4.75 Å². The molecule has 154 valence electrons. The van der Waals surface area contributed by atoms with Crippen LogP contribution in [0.1, 0.15) is 90.9 Å². The van der Waals surface area contributed by atoms with E-state index in [-0.39, 0.29) is 72.0 Å². The number of rotatable bonds is 16. The van der Waals surface area contributed by atoms with Crippen LogP contribution in [0.25, 0.3) is 0 Å². The Balaban J connectivity index is -0.00000312. The molecule has 0 heterocycles. The normalized spacial score (nSPS) is 14.2. The van der Waals surface area contributed by atoms with Crippen LogP contribution in [0.15, 0.2) is 0 Å². The fourth-order valence-corrected chi connectivity index (χ4v) is 4.50. The summed E-state index contributed by atoms with van der Waals surface area (Å²) in [6.45, 7) is 4.01. The summed E-state index contributed by atoms with van der Waals surface area (Å²) >= 11 is 0. The minimum Gasteiger partial charge on any atom is -0.550 e. The summed E-state index contributed by atoms with van der Waals surface area (Å²) in [6, 6.07) is 0. The fourth-order valence-electron chi connectivity index (χ4n) is 3.32. The maximum atomic E-state index is 11.9. The molecule has 0 saturated carbocycles. The Labute approximate surface area is 213 Å². The molecule has 2 unspecified atom stereocenters. The van der Waals surface area contributed by atoms with Crippen molar-refractivity contribution in [3.05, 3.63) is 0 Å². The van der Waals surface area contributed by atoms with Crippen molar-refractivity contribution in [1.82, 2.24) is 0 Å². The number of unbranched alkanes of at least 4 members (excludes halogenated alkanes) is 8. The molecule has 0 saturated heterocycles. The molecule has 0 aromatic carbocycles.